The molecule has 0 saturated carbocycles. The fourth-order valence-corrected chi connectivity index (χ4v) is 3.60. The van der Waals surface area contributed by atoms with Crippen LogP contribution in [0.2, 0.25) is 0 Å². The number of hydrogen-bond acceptors (Lipinski definition) is 4. The Morgan fingerprint density at radius 3 is 2.25 bits per heavy atom. The van der Waals surface area contributed by atoms with Crippen molar-refractivity contribution in [3.05, 3.63) is 42.7 Å². The SMILES string of the molecule is CCCCCCCCCCCC(=O)Oc1ccccc1-c1ccncc1OCC(C)CC. The molecule has 1 aromatic carbocycles. The Kier molecular flexibility index (Phi) is 12.5. The maximum Gasteiger partial charge on any atom is 0.311 e. The van der Waals surface area contributed by atoms with Crippen molar-refractivity contribution < 1.29 is 14.3 Å². The average molecular weight is 440 g/mol. The van der Waals surface area contributed by atoms with Crippen molar-refractivity contribution >= 4 is 5.97 Å². The largest absolute Gasteiger partial charge is 0.491 e. The maximum absolute atomic E-state index is 12.5. The van der Waals surface area contributed by atoms with E-state index in [9.17, 15) is 4.79 Å². The third kappa shape index (κ3) is 9.42. The molecule has 32 heavy (non-hydrogen) atoms. The van der Waals surface area contributed by atoms with Crippen LogP contribution in [-0.2, 0) is 4.79 Å². The Hall–Kier alpha value is -2.36. The topological polar surface area (TPSA) is 48.4 Å². The molecule has 0 spiro atoms. The van der Waals surface area contributed by atoms with E-state index < -0.39 is 0 Å². The summed E-state index contributed by atoms with van der Waals surface area (Å²) in [7, 11) is 0. The van der Waals surface area contributed by atoms with Gasteiger partial charge in [-0.25, -0.2) is 0 Å². The first-order chi connectivity index (χ1) is 15.7. The molecule has 0 radical (unpaired) electrons. The summed E-state index contributed by atoms with van der Waals surface area (Å²) in [5.74, 6) is 1.59. The third-order valence-corrected chi connectivity index (χ3v) is 5.89. The minimum absolute atomic E-state index is 0.170. The van der Waals surface area contributed by atoms with E-state index >= 15 is 0 Å². The van der Waals surface area contributed by atoms with Gasteiger partial charge in [0.15, 0.2) is 0 Å². The first-order valence-electron chi connectivity index (χ1n) is 12.5. The number of aromatic nitrogens is 1. The molecule has 0 saturated heterocycles. The molecule has 4 nitrogen and oxygen atoms in total. The summed E-state index contributed by atoms with van der Waals surface area (Å²) in [6.07, 6.45) is 16.1. The van der Waals surface area contributed by atoms with E-state index in [0.717, 1.165) is 36.1 Å². The molecule has 1 unspecified atom stereocenters. The first-order valence-corrected chi connectivity index (χ1v) is 12.5. The molecule has 0 aliphatic rings. The summed E-state index contributed by atoms with van der Waals surface area (Å²) >= 11 is 0. The number of benzene rings is 1. The van der Waals surface area contributed by atoms with Crippen LogP contribution in [0.15, 0.2) is 42.7 Å². The number of unbranched alkanes of at least 4 members (excludes halogenated alkanes) is 8. The molecule has 4 heteroatoms. The molecular formula is C28H41NO3. The second-order valence-corrected chi connectivity index (χ2v) is 8.74. The molecule has 0 aliphatic heterocycles. The van der Waals surface area contributed by atoms with E-state index in [1.807, 2.05) is 30.3 Å². The van der Waals surface area contributed by atoms with E-state index in [4.69, 9.17) is 9.47 Å². The maximum atomic E-state index is 12.5. The number of nitrogens with zero attached hydrogens (tertiary/aromatic N) is 1. The zero-order valence-corrected chi connectivity index (χ0v) is 20.3. The Morgan fingerprint density at radius 2 is 1.53 bits per heavy atom. The van der Waals surface area contributed by atoms with E-state index in [2.05, 4.69) is 25.8 Å². The predicted octanol–water partition coefficient (Wildman–Crippen LogP) is 8.00. The van der Waals surface area contributed by atoms with Crippen LogP contribution < -0.4 is 9.47 Å². The molecule has 0 fully saturated rings. The Morgan fingerprint density at radius 1 is 0.875 bits per heavy atom. The molecule has 176 valence electrons. The Bertz CT molecular complexity index is 790. The number of carbonyl (C=O) groups is 1. The highest BCUT2D eigenvalue weighted by atomic mass is 16.5. The van der Waals surface area contributed by atoms with Gasteiger partial charge in [-0.05, 0) is 24.5 Å². The molecule has 1 aromatic heterocycles. The molecule has 1 atom stereocenters. The highest BCUT2D eigenvalue weighted by Gasteiger charge is 2.15. The van der Waals surface area contributed by atoms with Gasteiger partial charge in [-0.2, -0.15) is 0 Å². The van der Waals surface area contributed by atoms with Gasteiger partial charge in [0.1, 0.15) is 11.5 Å². The van der Waals surface area contributed by atoms with Crippen molar-refractivity contribution in [2.45, 2.75) is 91.4 Å². The lowest BCUT2D eigenvalue weighted by Crippen LogP contribution is -2.09. The summed E-state index contributed by atoms with van der Waals surface area (Å²) in [4.78, 5) is 16.7. The Balaban J connectivity index is 1.87. The van der Waals surface area contributed by atoms with Crippen LogP contribution >= 0.6 is 0 Å². The highest BCUT2D eigenvalue weighted by Crippen LogP contribution is 2.36. The van der Waals surface area contributed by atoms with Crippen molar-refractivity contribution in [1.82, 2.24) is 4.98 Å². The molecule has 0 N–H and O–H groups in total. The summed E-state index contributed by atoms with van der Waals surface area (Å²) < 4.78 is 11.8. The van der Waals surface area contributed by atoms with Gasteiger partial charge in [0.2, 0.25) is 0 Å². The standard InChI is InChI=1S/C28H41NO3/c1-4-6-7-8-9-10-11-12-13-18-28(30)32-26-17-15-14-16-24(26)25-19-20-29-21-27(25)31-22-23(3)5-2/h14-17,19-21,23H,4-13,18,22H2,1-3H3. The van der Waals surface area contributed by atoms with Crippen LogP contribution in [0.1, 0.15) is 91.4 Å². The van der Waals surface area contributed by atoms with E-state index in [1.165, 1.54) is 44.9 Å². The molecular weight excluding hydrogens is 398 g/mol. The van der Waals surface area contributed by atoms with Crippen molar-refractivity contribution in [2.24, 2.45) is 5.92 Å². The fraction of sp³-hybridized carbons (Fsp3) is 0.571. The number of pyridine rings is 1. The van der Waals surface area contributed by atoms with Gasteiger partial charge >= 0.3 is 5.97 Å². The average Bonchev–Trinajstić information content (AvgIpc) is 2.82. The number of rotatable bonds is 16. The molecule has 2 rings (SSSR count). The van der Waals surface area contributed by atoms with Crippen LogP contribution in [0.4, 0.5) is 0 Å². The van der Waals surface area contributed by atoms with Gasteiger partial charge in [0, 0.05) is 23.7 Å². The molecule has 0 amide bonds. The van der Waals surface area contributed by atoms with Gasteiger partial charge in [-0.15, -0.1) is 0 Å². The summed E-state index contributed by atoms with van der Waals surface area (Å²) in [6.45, 7) is 7.20. The first kappa shape index (κ1) is 25.9. The minimum atomic E-state index is -0.170. The van der Waals surface area contributed by atoms with Crippen molar-refractivity contribution in [3.8, 4) is 22.6 Å². The van der Waals surface area contributed by atoms with Crippen molar-refractivity contribution in [1.29, 1.82) is 0 Å². The van der Waals surface area contributed by atoms with Crippen LogP contribution in [0, 0.1) is 5.92 Å². The van der Waals surface area contributed by atoms with Crippen LogP contribution in [0.3, 0.4) is 0 Å². The van der Waals surface area contributed by atoms with Gasteiger partial charge in [0.25, 0.3) is 0 Å². The van der Waals surface area contributed by atoms with Gasteiger partial charge in [0.05, 0.1) is 12.8 Å². The summed E-state index contributed by atoms with van der Waals surface area (Å²) in [6, 6.07) is 9.58. The second-order valence-electron chi connectivity index (χ2n) is 8.74. The highest BCUT2D eigenvalue weighted by molar-refractivity contribution is 5.80. The lowest BCUT2D eigenvalue weighted by molar-refractivity contribution is -0.134. The van der Waals surface area contributed by atoms with E-state index in [1.54, 1.807) is 12.4 Å². The van der Waals surface area contributed by atoms with Crippen LogP contribution in [0.5, 0.6) is 11.5 Å². The normalized spacial score (nSPS) is 11.8. The number of carbonyl (C=O) groups excluding carboxylic acids is 1. The van der Waals surface area contributed by atoms with E-state index in [0.29, 0.717) is 24.7 Å². The van der Waals surface area contributed by atoms with Gasteiger partial charge < -0.3 is 9.47 Å². The zero-order valence-electron chi connectivity index (χ0n) is 20.3. The summed E-state index contributed by atoms with van der Waals surface area (Å²) in [5.41, 5.74) is 1.75. The summed E-state index contributed by atoms with van der Waals surface area (Å²) in [5, 5.41) is 0. The van der Waals surface area contributed by atoms with E-state index in [-0.39, 0.29) is 5.97 Å². The lowest BCUT2D eigenvalue weighted by atomic mass is 10.0. The van der Waals surface area contributed by atoms with Crippen molar-refractivity contribution in [2.75, 3.05) is 6.61 Å². The smallest absolute Gasteiger partial charge is 0.311 e. The second kappa shape index (κ2) is 15.4. The molecule has 0 aliphatic carbocycles. The van der Waals surface area contributed by atoms with Gasteiger partial charge in [-0.3, -0.25) is 9.78 Å². The molecule has 2 aromatic rings. The lowest BCUT2D eigenvalue weighted by Gasteiger charge is -2.16. The molecule has 0 bridgehead atoms. The number of esters is 1. The number of para-hydroxylation sites is 1. The number of ether oxygens (including phenoxy) is 2. The third-order valence-electron chi connectivity index (χ3n) is 5.89. The van der Waals surface area contributed by atoms with Crippen LogP contribution in [-0.4, -0.2) is 17.6 Å². The van der Waals surface area contributed by atoms with Crippen molar-refractivity contribution in [3.63, 3.8) is 0 Å². The van der Waals surface area contributed by atoms with Gasteiger partial charge in [-0.1, -0.05) is 96.8 Å². The zero-order chi connectivity index (χ0) is 23.0. The molecule has 1 heterocycles. The fourth-order valence-electron chi connectivity index (χ4n) is 3.60. The number of hydrogen-bond donors (Lipinski definition) is 0. The van der Waals surface area contributed by atoms with Crippen LogP contribution in [0.25, 0.3) is 11.1 Å². The monoisotopic (exact) mass is 439 g/mol. The minimum Gasteiger partial charge on any atom is -0.491 e. The quantitative estimate of drug-likeness (QED) is 0.151. The Labute approximate surface area is 194 Å². The predicted molar refractivity (Wildman–Crippen MR) is 132 cm³/mol.